The predicted molar refractivity (Wildman–Crippen MR) is 134 cm³/mol. The first-order chi connectivity index (χ1) is 16.3. The van der Waals surface area contributed by atoms with Crippen LogP contribution >= 0.6 is 23.2 Å². The number of carbonyl (C=O) groups is 2. The maximum Gasteiger partial charge on any atom is 0.304 e. The summed E-state index contributed by atoms with van der Waals surface area (Å²) in [5, 5.41) is 12.9. The smallest absolute Gasteiger partial charge is 0.304 e. The summed E-state index contributed by atoms with van der Waals surface area (Å²) in [6, 6.07) is 10.6. The van der Waals surface area contributed by atoms with Crippen LogP contribution in [0.5, 0.6) is 0 Å². The molecule has 0 bridgehead atoms. The normalized spacial score (nSPS) is 22.3. The molecule has 10 heteroatoms. The lowest BCUT2D eigenvalue weighted by Crippen LogP contribution is -2.55. The third-order valence-corrected chi connectivity index (χ3v) is 8.00. The van der Waals surface area contributed by atoms with Gasteiger partial charge in [0.25, 0.3) is 0 Å². The van der Waals surface area contributed by atoms with Crippen LogP contribution in [0.15, 0.2) is 42.5 Å². The third kappa shape index (κ3) is 7.66. The van der Waals surface area contributed by atoms with Crippen LogP contribution in [-0.4, -0.2) is 43.5 Å². The van der Waals surface area contributed by atoms with E-state index in [1.165, 1.54) is 6.07 Å². The number of amides is 1. The molecule has 0 spiro atoms. The SMILES string of the molecule is CC(Cc1ccc(Cl)cc1)C(CS(C)(=O)=O)C1NC(=O)C(CC(=O)O)CC1c1cc(F)cc(Cl)c1. The molecule has 1 amide bonds. The zero-order valence-electron chi connectivity index (χ0n) is 19.4. The van der Waals surface area contributed by atoms with Crippen LogP contribution < -0.4 is 5.32 Å². The van der Waals surface area contributed by atoms with E-state index in [2.05, 4.69) is 5.32 Å². The van der Waals surface area contributed by atoms with E-state index in [1.807, 2.05) is 19.1 Å². The van der Waals surface area contributed by atoms with Crippen molar-refractivity contribution in [1.82, 2.24) is 5.32 Å². The first kappa shape index (κ1) is 27.4. The summed E-state index contributed by atoms with van der Waals surface area (Å²) in [5.74, 6) is -4.41. The molecule has 0 radical (unpaired) electrons. The van der Waals surface area contributed by atoms with Gasteiger partial charge in [0.1, 0.15) is 15.7 Å². The largest absolute Gasteiger partial charge is 0.481 e. The number of sulfone groups is 1. The number of rotatable bonds is 9. The van der Waals surface area contributed by atoms with Crippen molar-refractivity contribution in [3.8, 4) is 0 Å². The number of halogens is 3. The van der Waals surface area contributed by atoms with Crippen LogP contribution in [0.2, 0.25) is 10.0 Å². The lowest BCUT2D eigenvalue weighted by molar-refractivity contribution is -0.142. The molecule has 1 aliphatic heterocycles. The Balaban J connectivity index is 2.03. The van der Waals surface area contributed by atoms with Gasteiger partial charge in [-0.15, -0.1) is 0 Å². The maximum atomic E-state index is 14.3. The predicted octanol–water partition coefficient (Wildman–Crippen LogP) is 4.74. The van der Waals surface area contributed by atoms with Crippen molar-refractivity contribution >= 4 is 44.9 Å². The van der Waals surface area contributed by atoms with E-state index < -0.39 is 51.3 Å². The Kier molecular flexibility index (Phi) is 8.83. The van der Waals surface area contributed by atoms with E-state index in [0.29, 0.717) is 17.0 Å². The van der Waals surface area contributed by atoms with Gasteiger partial charge in [-0.05, 0) is 66.1 Å². The second kappa shape index (κ2) is 11.3. The number of carbonyl (C=O) groups excluding carboxylic acids is 1. The quantitative estimate of drug-likeness (QED) is 0.475. The van der Waals surface area contributed by atoms with Gasteiger partial charge in [0, 0.05) is 34.2 Å². The minimum absolute atomic E-state index is 0.135. The summed E-state index contributed by atoms with van der Waals surface area (Å²) in [6.45, 7) is 1.91. The fourth-order valence-corrected chi connectivity index (χ4v) is 6.57. The standard InChI is InChI=1S/C25H28Cl2FNO5S/c1-14(7-15-3-5-18(26)6-4-15)22(13-35(2,33)34)24-21(16-8-19(27)12-20(28)9-16)10-17(11-23(30)31)25(32)29-24/h3-6,8-9,12,14,17,21-22,24H,7,10-11,13H2,1-2H3,(H,29,32)(H,30,31). The van der Waals surface area contributed by atoms with Gasteiger partial charge in [-0.1, -0.05) is 42.3 Å². The van der Waals surface area contributed by atoms with Gasteiger partial charge in [0.05, 0.1) is 12.2 Å². The minimum Gasteiger partial charge on any atom is -0.481 e. The summed E-state index contributed by atoms with van der Waals surface area (Å²) in [6.07, 6.45) is 1.42. The fraction of sp³-hybridized carbons (Fsp3) is 0.440. The molecule has 0 saturated carbocycles. The number of hydrogen-bond acceptors (Lipinski definition) is 4. The highest BCUT2D eigenvalue weighted by Gasteiger charge is 2.43. The van der Waals surface area contributed by atoms with Crippen molar-refractivity contribution in [2.45, 2.75) is 38.1 Å². The topological polar surface area (TPSA) is 101 Å². The van der Waals surface area contributed by atoms with Crippen molar-refractivity contribution < 1.29 is 27.5 Å². The molecule has 190 valence electrons. The number of benzene rings is 2. The summed E-state index contributed by atoms with van der Waals surface area (Å²) in [4.78, 5) is 24.3. The highest BCUT2D eigenvalue weighted by molar-refractivity contribution is 7.90. The average molecular weight is 544 g/mol. The number of hydrogen-bond donors (Lipinski definition) is 2. The van der Waals surface area contributed by atoms with Crippen molar-refractivity contribution in [1.29, 1.82) is 0 Å². The molecule has 2 aromatic rings. The molecule has 1 aliphatic rings. The van der Waals surface area contributed by atoms with Crippen molar-refractivity contribution in [2.24, 2.45) is 17.8 Å². The van der Waals surface area contributed by atoms with Crippen LogP contribution in [0, 0.1) is 23.6 Å². The Morgan fingerprint density at radius 1 is 1.17 bits per heavy atom. The molecule has 1 saturated heterocycles. The zero-order chi connectivity index (χ0) is 25.9. The second-order valence-electron chi connectivity index (χ2n) is 9.44. The number of carboxylic acid groups (broad SMARTS) is 1. The van der Waals surface area contributed by atoms with Gasteiger partial charge in [0.15, 0.2) is 0 Å². The van der Waals surface area contributed by atoms with Gasteiger partial charge >= 0.3 is 5.97 Å². The lowest BCUT2D eigenvalue weighted by Gasteiger charge is -2.42. The average Bonchev–Trinajstić information content (AvgIpc) is 2.73. The summed E-state index contributed by atoms with van der Waals surface area (Å²) in [7, 11) is -3.46. The molecular formula is C25H28Cl2FNO5S. The van der Waals surface area contributed by atoms with Crippen LogP contribution in [0.4, 0.5) is 4.39 Å². The number of nitrogens with one attached hydrogen (secondary N) is 1. The molecule has 35 heavy (non-hydrogen) atoms. The first-order valence-corrected chi connectivity index (χ1v) is 14.0. The Morgan fingerprint density at radius 3 is 2.40 bits per heavy atom. The summed E-state index contributed by atoms with van der Waals surface area (Å²) < 4.78 is 39.2. The van der Waals surface area contributed by atoms with E-state index in [0.717, 1.165) is 17.9 Å². The summed E-state index contributed by atoms with van der Waals surface area (Å²) in [5.41, 5.74) is 1.45. The van der Waals surface area contributed by atoms with Gasteiger partial charge in [-0.3, -0.25) is 9.59 Å². The Hall–Kier alpha value is -2.16. The van der Waals surface area contributed by atoms with Crippen LogP contribution in [0.25, 0.3) is 0 Å². The van der Waals surface area contributed by atoms with E-state index in [-0.39, 0.29) is 29.5 Å². The first-order valence-electron chi connectivity index (χ1n) is 11.2. The molecule has 1 fully saturated rings. The molecule has 5 atom stereocenters. The molecular weight excluding hydrogens is 516 g/mol. The Bertz CT molecular complexity index is 1170. The van der Waals surface area contributed by atoms with Gasteiger partial charge in [0.2, 0.25) is 5.91 Å². The molecule has 0 aliphatic carbocycles. The molecule has 3 rings (SSSR count). The van der Waals surface area contributed by atoms with Crippen LogP contribution in [-0.2, 0) is 25.8 Å². The number of aliphatic carboxylic acids is 1. The van der Waals surface area contributed by atoms with E-state index in [9.17, 15) is 27.5 Å². The van der Waals surface area contributed by atoms with Crippen LogP contribution in [0.1, 0.15) is 36.8 Å². The van der Waals surface area contributed by atoms with Crippen LogP contribution in [0.3, 0.4) is 0 Å². The van der Waals surface area contributed by atoms with E-state index >= 15 is 0 Å². The van der Waals surface area contributed by atoms with Crippen molar-refractivity contribution in [3.05, 3.63) is 69.5 Å². The number of carboxylic acids is 1. The van der Waals surface area contributed by atoms with E-state index in [1.54, 1.807) is 18.2 Å². The molecule has 2 aromatic carbocycles. The Morgan fingerprint density at radius 2 is 1.83 bits per heavy atom. The Labute approximate surface area is 214 Å². The lowest BCUT2D eigenvalue weighted by atomic mass is 9.71. The van der Waals surface area contributed by atoms with Gasteiger partial charge < -0.3 is 10.4 Å². The van der Waals surface area contributed by atoms with Gasteiger partial charge in [-0.25, -0.2) is 12.8 Å². The van der Waals surface area contributed by atoms with E-state index in [4.69, 9.17) is 23.2 Å². The zero-order valence-corrected chi connectivity index (χ0v) is 21.7. The second-order valence-corrected chi connectivity index (χ2v) is 12.5. The summed E-state index contributed by atoms with van der Waals surface area (Å²) >= 11 is 12.1. The molecule has 1 heterocycles. The maximum absolute atomic E-state index is 14.3. The third-order valence-electron chi connectivity index (χ3n) is 6.54. The molecule has 2 N–H and O–H groups in total. The molecule has 6 nitrogen and oxygen atoms in total. The van der Waals surface area contributed by atoms with Crippen molar-refractivity contribution in [2.75, 3.05) is 12.0 Å². The highest BCUT2D eigenvalue weighted by atomic mass is 35.5. The molecule has 0 aromatic heterocycles. The van der Waals surface area contributed by atoms with Crippen molar-refractivity contribution in [3.63, 3.8) is 0 Å². The minimum atomic E-state index is -3.46. The molecule has 5 unspecified atom stereocenters. The van der Waals surface area contributed by atoms with Gasteiger partial charge in [-0.2, -0.15) is 0 Å². The fourth-order valence-electron chi connectivity index (χ4n) is 4.98. The number of piperidine rings is 1. The highest BCUT2D eigenvalue weighted by Crippen LogP contribution is 2.40. The monoisotopic (exact) mass is 543 g/mol.